The number of benzene rings is 1. The lowest BCUT2D eigenvalue weighted by Crippen LogP contribution is -2.48. The molecule has 90 valence electrons. The van der Waals surface area contributed by atoms with Crippen molar-refractivity contribution in [3.63, 3.8) is 0 Å². The fourth-order valence-electron chi connectivity index (χ4n) is 1.96. The summed E-state index contributed by atoms with van der Waals surface area (Å²) in [5.41, 5.74) is -0.0384. The third kappa shape index (κ3) is 2.18. The molecule has 1 heterocycles. The highest BCUT2D eigenvalue weighted by Crippen LogP contribution is 2.42. The second-order valence-corrected chi connectivity index (χ2v) is 4.87. The molecule has 0 aromatic heterocycles. The first kappa shape index (κ1) is 12.1. The van der Waals surface area contributed by atoms with Crippen LogP contribution in [0.4, 0.5) is 0 Å². The Morgan fingerprint density at radius 2 is 1.94 bits per heavy atom. The predicted molar refractivity (Wildman–Crippen MR) is 60.3 cm³/mol. The van der Waals surface area contributed by atoms with E-state index in [0.717, 1.165) is 0 Å². The molecule has 0 bridgehead atoms. The topological polar surface area (TPSA) is 62.5 Å². The van der Waals surface area contributed by atoms with Gasteiger partial charge in [-0.3, -0.25) is 0 Å². The first-order valence-electron chi connectivity index (χ1n) is 5.52. The highest BCUT2D eigenvalue weighted by atomic mass is 17.2. The predicted octanol–water partition coefficient (Wildman–Crippen LogP) is 2.10. The Labute approximate surface area is 100 Å². The third-order valence-corrected chi connectivity index (χ3v) is 2.91. The van der Waals surface area contributed by atoms with E-state index in [1.165, 1.54) is 0 Å². The van der Waals surface area contributed by atoms with E-state index in [1.54, 1.807) is 24.3 Å². The van der Waals surface area contributed by atoms with E-state index in [-0.39, 0.29) is 0 Å². The van der Waals surface area contributed by atoms with Gasteiger partial charge in [-0.1, -0.05) is 30.3 Å². The van der Waals surface area contributed by atoms with Crippen LogP contribution in [0, 0.1) is 17.2 Å². The lowest BCUT2D eigenvalue weighted by Gasteiger charge is -2.41. The van der Waals surface area contributed by atoms with Gasteiger partial charge in [-0.15, -0.1) is 0 Å². The van der Waals surface area contributed by atoms with Gasteiger partial charge < -0.3 is 5.11 Å². The second kappa shape index (κ2) is 4.11. The molecule has 2 rings (SSSR count). The highest BCUT2D eigenvalue weighted by Gasteiger charge is 2.49. The molecule has 1 aliphatic heterocycles. The zero-order chi connectivity index (χ0) is 12.5. The van der Waals surface area contributed by atoms with Gasteiger partial charge in [-0.25, -0.2) is 4.89 Å². The minimum absolute atomic E-state index is 0.412. The summed E-state index contributed by atoms with van der Waals surface area (Å²) in [5.74, 6) is -2.35. The van der Waals surface area contributed by atoms with E-state index >= 15 is 0 Å². The molecule has 1 aromatic rings. The number of hydrogen-bond donors (Lipinski definition) is 1. The average Bonchev–Trinajstić information content (AvgIpc) is 2.33. The second-order valence-electron chi connectivity index (χ2n) is 4.87. The van der Waals surface area contributed by atoms with Crippen LogP contribution in [0.25, 0.3) is 0 Å². The van der Waals surface area contributed by atoms with Crippen molar-refractivity contribution in [1.29, 1.82) is 5.26 Å². The van der Waals surface area contributed by atoms with Crippen LogP contribution in [0.1, 0.15) is 25.8 Å². The van der Waals surface area contributed by atoms with Crippen molar-refractivity contribution in [2.45, 2.75) is 31.7 Å². The van der Waals surface area contributed by atoms with Crippen molar-refractivity contribution in [3.05, 3.63) is 35.9 Å². The maximum atomic E-state index is 10.5. The highest BCUT2D eigenvalue weighted by molar-refractivity contribution is 5.23. The first-order valence-corrected chi connectivity index (χ1v) is 5.52. The van der Waals surface area contributed by atoms with Crippen LogP contribution >= 0.6 is 0 Å². The average molecular weight is 233 g/mol. The summed E-state index contributed by atoms with van der Waals surface area (Å²) in [6.07, 6.45) is 0.412. The molecule has 1 aliphatic rings. The molecule has 1 fully saturated rings. The number of aliphatic hydroxyl groups is 1. The van der Waals surface area contributed by atoms with Crippen molar-refractivity contribution in [1.82, 2.24) is 0 Å². The van der Waals surface area contributed by atoms with Crippen LogP contribution in [-0.4, -0.2) is 10.7 Å². The maximum Gasteiger partial charge on any atom is 0.241 e. The minimum Gasteiger partial charge on any atom is -0.359 e. The number of rotatable bonds is 1. The molecule has 2 unspecified atom stereocenters. The van der Waals surface area contributed by atoms with E-state index in [1.807, 2.05) is 19.9 Å². The normalized spacial score (nSPS) is 31.8. The molecule has 1 saturated heterocycles. The summed E-state index contributed by atoms with van der Waals surface area (Å²) >= 11 is 0. The number of nitrogens with zero attached hydrogens (tertiary/aromatic N) is 1. The Morgan fingerprint density at radius 3 is 2.53 bits per heavy atom. The fourth-order valence-corrected chi connectivity index (χ4v) is 1.96. The SMILES string of the molecule is CC1(C)CC(C#N)C(O)(c2ccccc2)OO1. The molecular formula is C13H15NO3. The van der Waals surface area contributed by atoms with Crippen molar-refractivity contribution in [2.24, 2.45) is 5.92 Å². The standard InChI is InChI=1S/C13H15NO3/c1-12(2)8-11(9-14)13(15,17-16-12)10-6-4-3-5-7-10/h3-7,11,15H,8H2,1-2H3. The molecule has 4 heteroatoms. The van der Waals surface area contributed by atoms with Gasteiger partial charge in [0, 0.05) is 12.0 Å². The molecule has 2 atom stereocenters. The monoisotopic (exact) mass is 233 g/mol. The van der Waals surface area contributed by atoms with Gasteiger partial charge in [-0.05, 0) is 13.8 Å². The first-order chi connectivity index (χ1) is 7.98. The Morgan fingerprint density at radius 1 is 1.29 bits per heavy atom. The van der Waals surface area contributed by atoms with Crippen molar-refractivity contribution in [3.8, 4) is 6.07 Å². The summed E-state index contributed by atoms with van der Waals surface area (Å²) in [4.78, 5) is 10.3. The van der Waals surface area contributed by atoms with Crippen LogP contribution in [0.5, 0.6) is 0 Å². The smallest absolute Gasteiger partial charge is 0.241 e. The van der Waals surface area contributed by atoms with Gasteiger partial charge in [0.15, 0.2) is 0 Å². The molecule has 0 amide bonds. The van der Waals surface area contributed by atoms with Gasteiger partial charge >= 0.3 is 0 Å². The van der Waals surface area contributed by atoms with E-state index < -0.39 is 17.3 Å². The Balaban J connectivity index is 2.35. The largest absolute Gasteiger partial charge is 0.359 e. The summed E-state index contributed by atoms with van der Waals surface area (Å²) in [6, 6.07) is 10.9. The Hall–Kier alpha value is -1.41. The summed E-state index contributed by atoms with van der Waals surface area (Å²) in [5, 5.41) is 19.6. The van der Waals surface area contributed by atoms with Crippen LogP contribution < -0.4 is 0 Å². The third-order valence-electron chi connectivity index (χ3n) is 2.91. The van der Waals surface area contributed by atoms with E-state index in [4.69, 9.17) is 9.78 Å². The molecule has 0 saturated carbocycles. The molecule has 1 aromatic carbocycles. The fraction of sp³-hybridized carbons (Fsp3) is 0.462. The molecule has 0 radical (unpaired) electrons. The Bertz CT molecular complexity index is 438. The van der Waals surface area contributed by atoms with Gasteiger partial charge in [0.1, 0.15) is 5.92 Å². The molecule has 4 nitrogen and oxygen atoms in total. The molecule has 0 aliphatic carbocycles. The lowest BCUT2D eigenvalue weighted by molar-refractivity contribution is -0.498. The van der Waals surface area contributed by atoms with Crippen LogP contribution in [-0.2, 0) is 15.6 Å². The van der Waals surface area contributed by atoms with E-state index in [9.17, 15) is 10.4 Å². The van der Waals surface area contributed by atoms with Gasteiger partial charge in [0.25, 0.3) is 0 Å². The minimum atomic E-state index is -1.69. The molecular weight excluding hydrogens is 218 g/mol. The van der Waals surface area contributed by atoms with Crippen LogP contribution in [0.3, 0.4) is 0 Å². The van der Waals surface area contributed by atoms with Crippen molar-refractivity contribution < 1.29 is 14.9 Å². The lowest BCUT2D eigenvalue weighted by atomic mass is 9.83. The molecule has 0 spiro atoms. The van der Waals surface area contributed by atoms with E-state index in [0.29, 0.717) is 12.0 Å². The van der Waals surface area contributed by atoms with Gasteiger partial charge in [0.2, 0.25) is 5.79 Å². The van der Waals surface area contributed by atoms with E-state index in [2.05, 4.69) is 6.07 Å². The van der Waals surface area contributed by atoms with Gasteiger partial charge in [0.05, 0.1) is 11.7 Å². The number of nitriles is 1. The Kier molecular flexibility index (Phi) is 2.92. The zero-order valence-corrected chi connectivity index (χ0v) is 9.88. The number of hydrogen-bond acceptors (Lipinski definition) is 4. The zero-order valence-electron chi connectivity index (χ0n) is 9.88. The summed E-state index contributed by atoms with van der Waals surface area (Å²) in [7, 11) is 0. The molecule has 1 N–H and O–H groups in total. The van der Waals surface area contributed by atoms with Crippen molar-refractivity contribution >= 4 is 0 Å². The van der Waals surface area contributed by atoms with Crippen LogP contribution in [0.2, 0.25) is 0 Å². The van der Waals surface area contributed by atoms with Gasteiger partial charge in [-0.2, -0.15) is 10.1 Å². The quantitative estimate of drug-likeness (QED) is 0.754. The molecule has 17 heavy (non-hydrogen) atoms. The van der Waals surface area contributed by atoms with Crippen LogP contribution in [0.15, 0.2) is 30.3 Å². The summed E-state index contributed by atoms with van der Waals surface area (Å²) < 4.78 is 0. The maximum absolute atomic E-state index is 10.5. The van der Waals surface area contributed by atoms with Crippen molar-refractivity contribution in [2.75, 3.05) is 0 Å². The summed E-state index contributed by atoms with van der Waals surface area (Å²) in [6.45, 7) is 3.64.